The molecule has 0 aromatic heterocycles. The van der Waals surface area contributed by atoms with Crippen LogP contribution >= 0.6 is 15.6 Å². The first-order valence-corrected chi connectivity index (χ1v) is 35.5. The van der Waals surface area contributed by atoms with E-state index in [0.717, 1.165) is 108 Å². The van der Waals surface area contributed by atoms with Gasteiger partial charge in [0.2, 0.25) is 0 Å². The number of unbranched alkanes of at least 4 members (excludes halogenated alkanes) is 30. The molecule has 0 bridgehead atoms. The summed E-state index contributed by atoms with van der Waals surface area (Å²) in [5.41, 5.74) is 0. The van der Waals surface area contributed by atoms with E-state index in [9.17, 15) is 43.2 Å². The van der Waals surface area contributed by atoms with Crippen molar-refractivity contribution in [1.82, 2.24) is 0 Å². The first-order chi connectivity index (χ1) is 38.9. The summed E-state index contributed by atoms with van der Waals surface area (Å²) in [6, 6.07) is 0. The topological polar surface area (TPSA) is 237 Å². The van der Waals surface area contributed by atoms with E-state index < -0.39 is 97.5 Å². The molecule has 3 unspecified atom stereocenters. The summed E-state index contributed by atoms with van der Waals surface area (Å²) in [6.45, 7) is 9.41. The van der Waals surface area contributed by atoms with Gasteiger partial charge in [-0.25, -0.2) is 9.13 Å². The summed E-state index contributed by atoms with van der Waals surface area (Å²) in [5, 5.41) is 10.5. The van der Waals surface area contributed by atoms with Crippen LogP contribution in [0.1, 0.15) is 305 Å². The molecule has 0 aliphatic carbocycles. The third kappa shape index (κ3) is 55.7. The molecule has 0 saturated carbocycles. The Labute approximate surface area is 492 Å². The van der Waals surface area contributed by atoms with Gasteiger partial charge in [-0.1, -0.05) is 253 Å². The molecule has 6 atom stereocenters. The van der Waals surface area contributed by atoms with Gasteiger partial charge in [-0.05, 0) is 37.5 Å². The van der Waals surface area contributed by atoms with Crippen molar-refractivity contribution >= 4 is 39.5 Å². The molecule has 0 aliphatic rings. The molecule has 0 heterocycles. The third-order valence-corrected chi connectivity index (χ3v) is 16.5. The van der Waals surface area contributed by atoms with E-state index in [1.54, 1.807) is 0 Å². The van der Waals surface area contributed by atoms with E-state index in [2.05, 4.69) is 41.5 Å². The molecule has 0 rings (SSSR count). The second-order valence-corrected chi connectivity index (χ2v) is 26.1. The number of esters is 4. The standard InChI is InChI=1S/C62H120O17P2/c1-7-10-12-14-16-18-19-28-34-40-46-61(66)78-57(50-72-59(64)44-38-32-26-17-15-13-11-8-2)52-76-80(68,69)74-48-56(63)49-75-81(70,71)77-53-58(51-73-60(65)45-39-33-27-22-20-24-30-36-42-54(4)5)79-62(67)47-41-35-29-23-21-25-31-37-43-55(6)9-3/h54-58,63H,7-53H2,1-6H3,(H,68,69)(H,70,71)/t55?,56-,57+,58+/m0/s1. The number of phosphoric ester groups is 2. The Morgan fingerprint density at radius 3 is 0.938 bits per heavy atom. The number of aliphatic hydroxyl groups is 1. The van der Waals surface area contributed by atoms with Gasteiger partial charge >= 0.3 is 39.5 Å². The van der Waals surface area contributed by atoms with E-state index in [1.807, 2.05) is 0 Å². The van der Waals surface area contributed by atoms with Crippen LogP contribution < -0.4 is 0 Å². The fraction of sp³-hybridized carbons (Fsp3) is 0.935. The Morgan fingerprint density at radius 1 is 0.358 bits per heavy atom. The lowest BCUT2D eigenvalue weighted by Crippen LogP contribution is -2.30. The van der Waals surface area contributed by atoms with Crippen LogP contribution in [0.5, 0.6) is 0 Å². The summed E-state index contributed by atoms with van der Waals surface area (Å²) < 4.78 is 67.8. The zero-order valence-electron chi connectivity index (χ0n) is 52.1. The second kappa shape index (κ2) is 54.7. The molecule has 17 nitrogen and oxygen atoms in total. The summed E-state index contributed by atoms with van der Waals surface area (Å²) in [7, 11) is -9.88. The van der Waals surface area contributed by atoms with Gasteiger partial charge in [0.1, 0.15) is 19.3 Å². The molecule has 0 saturated heterocycles. The molecular formula is C62H120O17P2. The first-order valence-electron chi connectivity index (χ1n) is 32.5. The predicted octanol–water partition coefficient (Wildman–Crippen LogP) is 16.9. The number of aliphatic hydroxyl groups excluding tert-OH is 1. The average Bonchev–Trinajstić information content (AvgIpc) is 3.43. The maximum absolute atomic E-state index is 13.0. The monoisotopic (exact) mass is 1200 g/mol. The Kier molecular flexibility index (Phi) is 53.4. The number of carbonyl (C=O) groups excluding carboxylic acids is 4. The van der Waals surface area contributed by atoms with Crippen molar-refractivity contribution in [3.05, 3.63) is 0 Å². The Hall–Kier alpha value is -1.94. The fourth-order valence-electron chi connectivity index (χ4n) is 9.15. The molecule has 3 N–H and O–H groups in total. The van der Waals surface area contributed by atoms with Crippen LogP contribution in [-0.2, 0) is 65.4 Å². The van der Waals surface area contributed by atoms with Crippen LogP contribution in [0.25, 0.3) is 0 Å². The summed E-state index contributed by atoms with van der Waals surface area (Å²) in [6.07, 6.45) is 36.2. The Balaban J connectivity index is 5.24. The number of phosphoric acid groups is 2. The van der Waals surface area contributed by atoms with Crippen LogP contribution in [0.15, 0.2) is 0 Å². The molecule has 0 aliphatic heterocycles. The lowest BCUT2D eigenvalue weighted by atomic mass is 9.99. The van der Waals surface area contributed by atoms with Gasteiger partial charge in [0.25, 0.3) is 0 Å². The highest BCUT2D eigenvalue weighted by atomic mass is 31.2. The number of hydrogen-bond acceptors (Lipinski definition) is 15. The van der Waals surface area contributed by atoms with Gasteiger partial charge < -0.3 is 33.8 Å². The minimum absolute atomic E-state index is 0.104. The number of carbonyl (C=O) groups is 4. The van der Waals surface area contributed by atoms with Crippen LogP contribution in [-0.4, -0.2) is 96.7 Å². The van der Waals surface area contributed by atoms with Crippen molar-refractivity contribution in [2.45, 2.75) is 323 Å². The van der Waals surface area contributed by atoms with E-state index >= 15 is 0 Å². The van der Waals surface area contributed by atoms with E-state index in [4.69, 9.17) is 37.0 Å². The number of rotatable bonds is 61. The molecule has 0 aromatic carbocycles. The van der Waals surface area contributed by atoms with Gasteiger partial charge in [-0.2, -0.15) is 0 Å². The minimum atomic E-state index is -4.94. The molecule has 0 spiro atoms. The largest absolute Gasteiger partial charge is 0.472 e. The van der Waals surface area contributed by atoms with Gasteiger partial charge in [0, 0.05) is 25.7 Å². The predicted molar refractivity (Wildman–Crippen MR) is 321 cm³/mol. The zero-order chi connectivity index (χ0) is 60.1. The molecule has 0 fully saturated rings. The summed E-state index contributed by atoms with van der Waals surface area (Å²) in [4.78, 5) is 72.0. The fourth-order valence-corrected chi connectivity index (χ4v) is 10.7. The third-order valence-electron chi connectivity index (χ3n) is 14.6. The molecule has 0 aromatic rings. The molecule has 19 heteroatoms. The molecule has 480 valence electrons. The maximum Gasteiger partial charge on any atom is 0.472 e. The zero-order valence-corrected chi connectivity index (χ0v) is 53.9. The number of ether oxygens (including phenoxy) is 4. The highest BCUT2D eigenvalue weighted by molar-refractivity contribution is 7.47. The van der Waals surface area contributed by atoms with Gasteiger partial charge in [-0.15, -0.1) is 0 Å². The van der Waals surface area contributed by atoms with E-state index in [1.165, 1.54) is 116 Å². The van der Waals surface area contributed by atoms with Gasteiger partial charge in [0.05, 0.1) is 26.4 Å². The number of hydrogen-bond donors (Lipinski definition) is 3. The van der Waals surface area contributed by atoms with Crippen molar-refractivity contribution in [2.75, 3.05) is 39.6 Å². The lowest BCUT2D eigenvalue weighted by molar-refractivity contribution is -0.161. The maximum atomic E-state index is 13.0. The minimum Gasteiger partial charge on any atom is -0.462 e. The van der Waals surface area contributed by atoms with Crippen LogP contribution in [0.3, 0.4) is 0 Å². The smallest absolute Gasteiger partial charge is 0.462 e. The summed E-state index contributed by atoms with van der Waals surface area (Å²) in [5.74, 6) is -0.644. The lowest BCUT2D eigenvalue weighted by Gasteiger charge is -2.21. The van der Waals surface area contributed by atoms with Crippen molar-refractivity contribution < 1.29 is 80.2 Å². The van der Waals surface area contributed by atoms with E-state index in [-0.39, 0.29) is 25.7 Å². The highest BCUT2D eigenvalue weighted by Gasteiger charge is 2.30. The molecule has 81 heavy (non-hydrogen) atoms. The molecule has 0 amide bonds. The average molecular weight is 1200 g/mol. The van der Waals surface area contributed by atoms with Crippen LogP contribution in [0.4, 0.5) is 0 Å². The quantitative estimate of drug-likeness (QED) is 0.0222. The molecule has 0 radical (unpaired) electrons. The SMILES string of the molecule is CCCCCCCCCCCCC(=O)O[C@H](COC(=O)CCCCCCCCCC)COP(=O)(O)OC[C@H](O)COP(=O)(O)OC[C@@H](COC(=O)CCCCCCCCCCC(C)C)OC(=O)CCCCCCCCCCC(C)CC. The van der Waals surface area contributed by atoms with Gasteiger partial charge in [0.15, 0.2) is 12.2 Å². The normalized spacial score (nSPS) is 14.7. The van der Waals surface area contributed by atoms with Crippen molar-refractivity contribution in [3.63, 3.8) is 0 Å². The van der Waals surface area contributed by atoms with Gasteiger partial charge in [-0.3, -0.25) is 37.3 Å². The van der Waals surface area contributed by atoms with Crippen LogP contribution in [0.2, 0.25) is 0 Å². The second-order valence-electron chi connectivity index (χ2n) is 23.2. The van der Waals surface area contributed by atoms with Crippen molar-refractivity contribution in [1.29, 1.82) is 0 Å². The first kappa shape index (κ1) is 79.1. The van der Waals surface area contributed by atoms with E-state index in [0.29, 0.717) is 25.7 Å². The van der Waals surface area contributed by atoms with Crippen molar-refractivity contribution in [2.24, 2.45) is 11.8 Å². The van der Waals surface area contributed by atoms with Crippen LogP contribution in [0, 0.1) is 11.8 Å². The molecular weight excluding hydrogens is 1080 g/mol. The Morgan fingerprint density at radius 2 is 0.630 bits per heavy atom. The van der Waals surface area contributed by atoms with Crippen molar-refractivity contribution in [3.8, 4) is 0 Å². The highest BCUT2D eigenvalue weighted by Crippen LogP contribution is 2.45. The summed E-state index contributed by atoms with van der Waals surface area (Å²) >= 11 is 0. The Bertz CT molecular complexity index is 1600.